The quantitative estimate of drug-likeness (QED) is 0.751. The molecule has 1 N–H and O–H groups in total. The molecule has 0 saturated heterocycles. The normalized spacial score (nSPS) is 12.0. The van der Waals surface area contributed by atoms with E-state index in [-0.39, 0.29) is 6.04 Å². The highest BCUT2D eigenvalue weighted by molar-refractivity contribution is 5.55. The molecule has 1 aromatic carbocycles. The van der Waals surface area contributed by atoms with Gasteiger partial charge in [0.05, 0.1) is 0 Å². The number of tetrazole rings is 1. The third-order valence-electron chi connectivity index (χ3n) is 2.17. The highest BCUT2D eigenvalue weighted by atomic mass is 15.5. The Hall–Kier alpha value is -2.22. The Morgan fingerprint density at radius 2 is 2.33 bits per heavy atom. The van der Waals surface area contributed by atoms with Crippen molar-refractivity contribution in [2.75, 3.05) is 0 Å². The van der Waals surface area contributed by atoms with E-state index in [1.807, 2.05) is 31.2 Å². The number of hydrogen-bond acceptors (Lipinski definition) is 3. The third kappa shape index (κ3) is 1.83. The van der Waals surface area contributed by atoms with Crippen LogP contribution in [0.2, 0.25) is 0 Å². The largest absolute Gasteiger partial charge is 0.309 e. The van der Waals surface area contributed by atoms with Gasteiger partial charge in [-0.05, 0) is 11.3 Å². The summed E-state index contributed by atoms with van der Waals surface area (Å²) in [6, 6.07) is 7.48. The van der Waals surface area contributed by atoms with Gasteiger partial charge in [0.25, 0.3) is 0 Å². The molecule has 0 saturated carbocycles. The molecule has 2 rings (SSSR count). The number of rotatable bonds is 2. The molecular formula is C10H9N5. The van der Waals surface area contributed by atoms with Gasteiger partial charge in [0, 0.05) is 18.1 Å². The Labute approximate surface area is 87.0 Å². The molecule has 74 valence electrons. The number of hydrogen-bond donors (Lipinski definition) is 1. The third-order valence-corrected chi connectivity index (χ3v) is 2.17. The highest BCUT2D eigenvalue weighted by Crippen LogP contribution is 2.21. The summed E-state index contributed by atoms with van der Waals surface area (Å²) in [6.07, 6.45) is 0. The molecule has 0 fully saturated rings. The molecule has 2 aromatic rings. The monoisotopic (exact) mass is 199 g/mol. The second kappa shape index (κ2) is 3.88. The topological polar surface area (TPSA) is 58.8 Å². The van der Waals surface area contributed by atoms with Crippen LogP contribution in [-0.4, -0.2) is 20.6 Å². The molecular weight excluding hydrogens is 190 g/mol. The minimum absolute atomic E-state index is 0.142. The predicted molar refractivity (Wildman–Crippen MR) is 54.6 cm³/mol. The Balaban J connectivity index is 2.40. The summed E-state index contributed by atoms with van der Waals surface area (Å²) in [7, 11) is 0. The van der Waals surface area contributed by atoms with Gasteiger partial charge in [-0.3, -0.25) is 0 Å². The van der Waals surface area contributed by atoms with Crippen molar-refractivity contribution in [3.8, 4) is 11.4 Å². The lowest BCUT2D eigenvalue weighted by atomic mass is 10.1. The first-order chi connectivity index (χ1) is 7.31. The van der Waals surface area contributed by atoms with Gasteiger partial charge in [-0.25, -0.2) is 6.57 Å². The molecule has 0 spiro atoms. The zero-order valence-electron chi connectivity index (χ0n) is 8.18. The van der Waals surface area contributed by atoms with Crippen LogP contribution in [0.5, 0.6) is 0 Å². The summed E-state index contributed by atoms with van der Waals surface area (Å²) in [4.78, 5) is 3.47. The number of H-pyrrole nitrogens is 1. The predicted octanol–water partition coefficient (Wildman–Crippen LogP) is 1.85. The van der Waals surface area contributed by atoms with Crippen molar-refractivity contribution in [3.63, 3.8) is 0 Å². The molecule has 0 aliphatic heterocycles. The first kappa shape index (κ1) is 9.34. The van der Waals surface area contributed by atoms with Crippen LogP contribution in [0.25, 0.3) is 16.2 Å². The minimum atomic E-state index is -0.142. The number of nitrogens with one attached hydrogen (secondary N) is 1. The van der Waals surface area contributed by atoms with Crippen LogP contribution in [0.1, 0.15) is 18.5 Å². The molecule has 1 heterocycles. The molecule has 0 aliphatic carbocycles. The molecule has 0 amide bonds. The SMILES string of the molecule is [C-]#[N+]C(C)c1cccc(-c2nn[nH]n2)c1. The minimum Gasteiger partial charge on any atom is -0.309 e. The van der Waals surface area contributed by atoms with Crippen molar-refractivity contribution < 1.29 is 0 Å². The van der Waals surface area contributed by atoms with Gasteiger partial charge in [-0.1, -0.05) is 18.2 Å². The first-order valence-corrected chi connectivity index (χ1v) is 4.51. The van der Waals surface area contributed by atoms with Crippen LogP contribution in [0, 0.1) is 6.57 Å². The van der Waals surface area contributed by atoms with Crippen LogP contribution >= 0.6 is 0 Å². The molecule has 1 aromatic heterocycles. The average Bonchev–Trinajstić information content (AvgIpc) is 2.82. The molecule has 1 unspecified atom stereocenters. The van der Waals surface area contributed by atoms with Crippen molar-refractivity contribution in [1.82, 2.24) is 20.6 Å². The van der Waals surface area contributed by atoms with E-state index < -0.39 is 0 Å². The van der Waals surface area contributed by atoms with Gasteiger partial charge >= 0.3 is 0 Å². The van der Waals surface area contributed by atoms with Crippen LogP contribution < -0.4 is 0 Å². The van der Waals surface area contributed by atoms with E-state index in [2.05, 4.69) is 25.5 Å². The smallest absolute Gasteiger partial charge is 0.246 e. The summed E-state index contributed by atoms with van der Waals surface area (Å²) in [5.74, 6) is 0.550. The van der Waals surface area contributed by atoms with Crippen LogP contribution in [0.15, 0.2) is 24.3 Å². The maximum Gasteiger partial charge on any atom is 0.246 e. The molecule has 5 heteroatoms. The zero-order chi connectivity index (χ0) is 10.7. The maximum atomic E-state index is 6.97. The van der Waals surface area contributed by atoms with Gasteiger partial charge in [0.2, 0.25) is 11.9 Å². The first-order valence-electron chi connectivity index (χ1n) is 4.51. The van der Waals surface area contributed by atoms with E-state index in [1.165, 1.54) is 0 Å². The zero-order valence-corrected chi connectivity index (χ0v) is 8.18. The molecule has 0 radical (unpaired) electrons. The second-order valence-electron chi connectivity index (χ2n) is 3.17. The standard InChI is InChI=1S/C10H9N5/c1-7(11-2)8-4-3-5-9(6-8)10-12-14-15-13-10/h3-7H,1H3,(H,12,13,14,15). The molecule has 0 aliphatic rings. The highest BCUT2D eigenvalue weighted by Gasteiger charge is 2.10. The Morgan fingerprint density at radius 1 is 1.47 bits per heavy atom. The Kier molecular flexibility index (Phi) is 2.42. The summed E-state index contributed by atoms with van der Waals surface area (Å²) >= 11 is 0. The Morgan fingerprint density at radius 3 is 3.00 bits per heavy atom. The van der Waals surface area contributed by atoms with E-state index in [0.29, 0.717) is 5.82 Å². The van der Waals surface area contributed by atoms with Crippen molar-refractivity contribution in [2.24, 2.45) is 0 Å². The fraction of sp³-hybridized carbons (Fsp3) is 0.200. The Bertz CT molecular complexity index is 483. The van der Waals surface area contributed by atoms with E-state index in [9.17, 15) is 0 Å². The van der Waals surface area contributed by atoms with Gasteiger partial charge < -0.3 is 4.85 Å². The number of aromatic nitrogens is 4. The molecule has 1 atom stereocenters. The number of nitrogens with zero attached hydrogens (tertiary/aromatic N) is 4. The summed E-state index contributed by atoms with van der Waals surface area (Å²) in [6.45, 7) is 8.83. The van der Waals surface area contributed by atoms with E-state index in [0.717, 1.165) is 11.1 Å². The van der Waals surface area contributed by atoms with Crippen molar-refractivity contribution in [1.29, 1.82) is 0 Å². The van der Waals surface area contributed by atoms with Gasteiger partial charge in [-0.2, -0.15) is 5.21 Å². The number of aromatic amines is 1. The summed E-state index contributed by atoms with van der Waals surface area (Å²) in [5.41, 5.74) is 1.84. The van der Waals surface area contributed by atoms with Gasteiger partial charge in [0.1, 0.15) is 0 Å². The van der Waals surface area contributed by atoms with Crippen LogP contribution in [-0.2, 0) is 0 Å². The van der Waals surface area contributed by atoms with Crippen molar-refractivity contribution >= 4 is 0 Å². The lowest BCUT2D eigenvalue weighted by Crippen LogP contribution is -1.88. The van der Waals surface area contributed by atoms with Crippen molar-refractivity contribution in [2.45, 2.75) is 13.0 Å². The van der Waals surface area contributed by atoms with E-state index in [1.54, 1.807) is 0 Å². The summed E-state index contributed by atoms with van der Waals surface area (Å²) in [5, 5.41) is 13.7. The van der Waals surface area contributed by atoms with Crippen molar-refractivity contribution in [3.05, 3.63) is 41.2 Å². The lowest BCUT2D eigenvalue weighted by Gasteiger charge is -2.00. The van der Waals surface area contributed by atoms with Gasteiger partial charge in [-0.15, -0.1) is 10.2 Å². The van der Waals surface area contributed by atoms with E-state index in [4.69, 9.17) is 6.57 Å². The van der Waals surface area contributed by atoms with Crippen LogP contribution in [0.4, 0.5) is 0 Å². The average molecular weight is 199 g/mol. The molecule has 15 heavy (non-hydrogen) atoms. The number of benzene rings is 1. The molecule has 0 bridgehead atoms. The van der Waals surface area contributed by atoms with E-state index >= 15 is 0 Å². The fourth-order valence-corrected chi connectivity index (χ4v) is 1.30. The summed E-state index contributed by atoms with van der Waals surface area (Å²) < 4.78 is 0. The fourth-order valence-electron chi connectivity index (χ4n) is 1.30. The lowest BCUT2D eigenvalue weighted by molar-refractivity contribution is 0.881. The van der Waals surface area contributed by atoms with Crippen LogP contribution in [0.3, 0.4) is 0 Å². The second-order valence-corrected chi connectivity index (χ2v) is 3.17. The molecule has 5 nitrogen and oxygen atoms in total. The maximum absolute atomic E-state index is 6.97. The van der Waals surface area contributed by atoms with Gasteiger partial charge in [0.15, 0.2) is 0 Å².